The molecule has 0 unspecified atom stereocenters. The van der Waals surface area contributed by atoms with Gasteiger partial charge in [0.05, 0.1) is 30.2 Å². The third kappa shape index (κ3) is 3.24. The van der Waals surface area contributed by atoms with Crippen LogP contribution in [0, 0.1) is 0 Å². The van der Waals surface area contributed by atoms with Crippen LogP contribution in [-0.2, 0) is 26.0 Å². The summed E-state index contributed by atoms with van der Waals surface area (Å²) in [6, 6.07) is 3.54. The Balaban J connectivity index is 1.87. The number of nitrogens with one attached hydrogen (secondary N) is 2. The van der Waals surface area contributed by atoms with Crippen LogP contribution in [0.2, 0.25) is 0 Å². The molecule has 2 aromatic rings. The standard InChI is InChI=1S/C18H24FN5O3S/c1-12-11-27-8-7-24(12)16-9-14(18(4-5-18)28(2,25)26)13(10-19)17(22-16)21-15-3-6-20-23-15/h3,6,9,12H,4-5,7-8,10-11H2,1-2H3,(H2,20,21,22,23)/t12-/m1/s1. The lowest BCUT2D eigenvalue weighted by atomic mass is 10.0. The van der Waals surface area contributed by atoms with Crippen molar-refractivity contribution in [1.29, 1.82) is 0 Å². The summed E-state index contributed by atoms with van der Waals surface area (Å²) in [6.45, 7) is 2.97. The molecule has 0 spiro atoms. The van der Waals surface area contributed by atoms with Crippen LogP contribution in [0.15, 0.2) is 18.3 Å². The van der Waals surface area contributed by atoms with Crippen LogP contribution in [0.1, 0.15) is 30.9 Å². The van der Waals surface area contributed by atoms with E-state index >= 15 is 0 Å². The molecule has 0 bridgehead atoms. The summed E-state index contributed by atoms with van der Waals surface area (Å²) in [5, 5.41) is 9.73. The Morgan fingerprint density at radius 1 is 1.46 bits per heavy atom. The van der Waals surface area contributed by atoms with Crippen LogP contribution in [0.5, 0.6) is 0 Å². The van der Waals surface area contributed by atoms with Gasteiger partial charge < -0.3 is 15.0 Å². The maximum absolute atomic E-state index is 14.1. The fraction of sp³-hybridized carbons (Fsp3) is 0.556. The molecular weight excluding hydrogens is 385 g/mol. The van der Waals surface area contributed by atoms with Crippen LogP contribution in [0.3, 0.4) is 0 Å². The Morgan fingerprint density at radius 2 is 2.25 bits per heavy atom. The molecule has 1 aliphatic heterocycles. The number of morpholine rings is 1. The lowest BCUT2D eigenvalue weighted by Crippen LogP contribution is -2.44. The van der Waals surface area contributed by atoms with Crippen molar-refractivity contribution in [1.82, 2.24) is 15.2 Å². The Morgan fingerprint density at radius 3 is 2.82 bits per heavy atom. The van der Waals surface area contributed by atoms with Gasteiger partial charge in [-0.15, -0.1) is 0 Å². The van der Waals surface area contributed by atoms with Gasteiger partial charge in [0.25, 0.3) is 0 Å². The molecule has 3 heterocycles. The van der Waals surface area contributed by atoms with E-state index in [9.17, 15) is 12.8 Å². The van der Waals surface area contributed by atoms with Crippen molar-refractivity contribution in [3.63, 3.8) is 0 Å². The summed E-state index contributed by atoms with van der Waals surface area (Å²) < 4.78 is 43.7. The molecular formula is C18H24FN5O3S. The van der Waals surface area contributed by atoms with Gasteiger partial charge in [-0.2, -0.15) is 5.10 Å². The average molecular weight is 409 g/mol. The number of rotatable bonds is 6. The predicted molar refractivity (Wildman–Crippen MR) is 104 cm³/mol. The Kier molecular flexibility index (Phi) is 4.78. The minimum Gasteiger partial charge on any atom is -0.377 e. The molecule has 4 rings (SSSR count). The number of nitrogens with zero attached hydrogens (tertiary/aromatic N) is 3. The quantitative estimate of drug-likeness (QED) is 0.755. The number of pyridine rings is 1. The first-order valence-corrected chi connectivity index (χ1v) is 11.2. The molecule has 0 amide bonds. The van der Waals surface area contributed by atoms with Gasteiger partial charge in [0, 0.05) is 24.4 Å². The van der Waals surface area contributed by atoms with Gasteiger partial charge in [-0.25, -0.2) is 17.8 Å². The number of aromatic nitrogens is 3. The molecule has 0 radical (unpaired) electrons. The molecule has 2 aromatic heterocycles. The van der Waals surface area contributed by atoms with Crippen molar-refractivity contribution in [2.45, 2.75) is 37.2 Å². The van der Waals surface area contributed by atoms with Crippen LogP contribution >= 0.6 is 0 Å². The van der Waals surface area contributed by atoms with E-state index in [1.165, 1.54) is 6.26 Å². The fourth-order valence-electron chi connectivity index (χ4n) is 3.82. The van der Waals surface area contributed by atoms with Crippen LogP contribution in [0.4, 0.5) is 21.8 Å². The lowest BCUT2D eigenvalue weighted by molar-refractivity contribution is 0.0985. The molecule has 2 fully saturated rings. The second kappa shape index (κ2) is 7.00. The van der Waals surface area contributed by atoms with Gasteiger partial charge >= 0.3 is 0 Å². The van der Waals surface area contributed by atoms with Gasteiger partial charge in [0.1, 0.15) is 24.1 Å². The topological polar surface area (TPSA) is 100 Å². The summed E-state index contributed by atoms with van der Waals surface area (Å²) >= 11 is 0. The maximum atomic E-state index is 14.1. The lowest BCUT2D eigenvalue weighted by Gasteiger charge is -2.35. The fourth-order valence-corrected chi connectivity index (χ4v) is 5.25. The summed E-state index contributed by atoms with van der Waals surface area (Å²) in [6.07, 6.45) is 3.78. The number of hydrogen-bond acceptors (Lipinski definition) is 7. The monoisotopic (exact) mass is 409 g/mol. The summed E-state index contributed by atoms with van der Waals surface area (Å²) in [5.41, 5.74) is 0.783. The highest BCUT2D eigenvalue weighted by atomic mass is 32.2. The largest absolute Gasteiger partial charge is 0.377 e. The number of H-pyrrole nitrogens is 1. The Hall–Kier alpha value is -2.20. The average Bonchev–Trinajstić information content (AvgIpc) is 3.33. The molecule has 0 aromatic carbocycles. The molecule has 1 saturated carbocycles. The molecule has 1 atom stereocenters. The van der Waals surface area contributed by atoms with Crippen molar-refractivity contribution in [2.24, 2.45) is 0 Å². The van der Waals surface area contributed by atoms with Crippen molar-refractivity contribution < 1.29 is 17.5 Å². The van der Waals surface area contributed by atoms with E-state index in [4.69, 9.17) is 4.74 Å². The number of hydrogen-bond donors (Lipinski definition) is 2. The number of alkyl halides is 1. The van der Waals surface area contributed by atoms with E-state index in [1.54, 1.807) is 18.3 Å². The molecule has 1 saturated heterocycles. The zero-order valence-electron chi connectivity index (χ0n) is 15.9. The van der Waals surface area contributed by atoms with Gasteiger partial charge in [0.2, 0.25) is 0 Å². The maximum Gasteiger partial charge on any atom is 0.157 e. The summed E-state index contributed by atoms with van der Waals surface area (Å²) in [7, 11) is -3.40. The molecule has 2 aliphatic rings. The van der Waals surface area contributed by atoms with Gasteiger partial charge in [0.15, 0.2) is 9.84 Å². The molecule has 8 nitrogen and oxygen atoms in total. The van der Waals surface area contributed by atoms with E-state index in [0.717, 1.165) is 0 Å². The number of halogens is 1. The SMILES string of the molecule is C[C@@H]1COCCN1c1cc(C2(S(C)(=O)=O)CC2)c(CF)c(Nc2ccn[nH]2)n1. The van der Waals surface area contributed by atoms with Crippen molar-refractivity contribution >= 4 is 27.3 Å². The first kappa shape index (κ1) is 19.1. The zero-order valence-corrected chi connectivity index (χ0v) is 16.7. The number of sulfone groups is 1. The zero-order chi connectivity index (χ0) is 19.9. The van der Waals surface area contributed by atoms with E-state index in [0.29, 0.717) is 55.6 Å². The highest BCUT2D eigenvalue weighted by Gasteiger charge is 2.55. The third-order valence-corrected chi connectivity index (χ3v) is 7.61. The minimum atomic E-state index is -3.40. The molecule has 10 heteroatoms. The smallest absolute Gasteiger partial charge is 0.157 e. The minimum absolute atomic E-state index is 0.0821. The van der Waals surface area contributed by atoms with E-state index in [2.05, 4.69) is 25.4 Å². The summed E-state index contributed by atoms with van der Waals surface area (Å²) in [4.78, 5) is 6.73. The number of anilines is 3. The second-order valence-electron chi connectivity index (χ2n) is 7.47. The van der Waals surface area contributed by atoms with Crippen LogP contribution in [0.25, 0.3) is 0 Å². The first-order valence-electron chi connectivity index (χ1n) is 9.26. The molecule has 2 N–H and O–H groups in total. The predicted octanol–water partition coefficient (Wildman–Crippen LogP) is 2.28. The third-order valence-electron chi connectivity index (χ3n) is 5.56. The van der Waals surface area contributed by atoms with E-state index < -0.39 is 21.3 Å². The Labute approximate surface area is 163 Å². The molecule has 152 valence electrons. The highest BCUT2D eigenvalue weighted by molar-refractivity contribution is 7.92. The van der Waals surface area contributed by atoms with Gasteiger partial charge in [-0.05, 0) is 31.4 Å². The molecule has 1 aliphatic carbocycles. The van der Waals surface area contributed by atoms with Crippen LogP contribution in [-0.4, -0.2) is 55.7 Å². The highest BCUT2D eigenvalue weighted by Crippen LogP contribution is 2.55. The van der Waals surface area contributed by atoms with Gasteiger partial charge in [-0.1, -0.05) is 0 Å². The van der Waals surface area contributed by atoms with E-state index in [1.807, 2.05) is 6.92 Å². The number of ether oxygens (including phenoxy) is 1. The number of aromatic amines is 1. The first-order chi connectivity index (χ1) is 13.4. The second-order valence-corrected chi connectivity index (χ2v) is 9.79. The van der Waals surface area contributed by atoms with Crippen molar-refractivity contribution in [3.05, 3.63) is 29.5 Å². The Bertz CT molecular complexity index is 960. The molecule has 28 heavy (non-hydrogen) atoms. The normalized spacial score (nSPS) is 21.5. The van der Waals surface area contributed by atoms with Crippen molar-refractivity contribution in [2.75, 3.05) is 36.2 Å². The van der Waals surface area contributed by atoms with Gasteiger partial charge in [-0.3, -0.25) is 5.10 Å². The van der Waals surface area contributed by atoms with Crippen LogP contribution < -0.4 is 10.2 Å². The van der Waals surface area contributed by atoms with Crippen molar-refractivity contribution in [3.8, 4) is 0 Å². The summed E-state index contributed by atoms with van der Waals surface area (Å²) in [5.74, 6) is 1.50. The van der Waals surface area contributed by atoms with E-state index in [-0.39, 0.29) is 11.6 Å².